The molecule has 0 spiro atoms. The molecule has 11 nitrogen and oxygen atoms in total. The molecular formula is C15H28N4O7. The lowest BCUT2D eigenvalue weighted by Gasteiger charge is -2.26. The Labute approximate surface area is 151 Å². The minimum absolute atomic E-state index is 0.388. The van der Waals surface area contributed by atoms with Gasteiger partial charge in [-0.05, 0) is 19.8 Å². The lowest BCUT2D eigenvalue weighted by atomic mass is 10.0. The molecule has 150 valence electrons. The fourth-order valence-electron chi connectivity index (χ4n) is 1.83. The highest BCUT2D eigenvalue weighted by Crippen LogP contribution is 2.04. The molecule has 3 amide bonds. The predicted molar refractivity (Wildman–Crippen MR) is 90.7 cm³/mol. The summed E-state index contributed by atoms with van der Waals surface area (Å²) in [6.07, 6.45) is -1.13. The Morgan fingerprint density at radius 3 is 1.85 bits per heavy atom. The summed E-state index contributed by atoms with van der Waals surface area (Å²) in [4.78, 5) is 47.0. The van der Waals surface area contributed by atoms with Crippen molar-refractivity contribution >= 4 is 23.7 Å². The number of carbonyl (C=O) groups is 4. The predicted octanol–water partition coefficient (Wildman–Crippen LogP) is -3.10. The number of carboxylic acid groups (broad SMARTS) is 1. The standard InChI is InChI=1S/C15H28N4O7/c1-6(2)11(19-13(23)10(16)8(4)21)14(24)18-9(5-20)12(22)17-7(3)15(25)26/h6-11,20-21H,5,16H2,1-4H3,(H,17,22)(H,18,24)(H,19,23)(H,25,26). The van der Waals surface area contributed by atoms with Gasteiger partial charge in [0.25, 0.3) is 0 Å². The first-order valence-corrected chi connectivity index (χ1v) is 8.10. The summed E-state index contributed by atoms with van der Waals surface area (Å²) < 4.78 is 0. The molecule has 11 heteroatoms. The zero-order valence-corrected chi connectivity index (χ0v) is 15.2. The molecule has 5 unspecified atom stereocenters. The fraction of sp³-hybridized carbons (Fsp3) is 0.733. The molecule has 0 fully saturated rings. The number of carbonyl (C=O) groups excluding carboxylic acids is 3. The molecule has 26 heavy (non-hydrogen) atoms. The monoisotopic (exact) mass is 376 g/mol. The van der Waals surface area contributed by atoms with Gasteiger partial charge in [-0.15, -0.1) is 0 Å². The summed E-state index contributed by atoms with van der Waals surface area (Å²) >= 11 is 0. The van der Waals surface area contributed by atoms with Crippen LogP contribution in [0.5, 0.6) is 0 Å². The average molecular weight is 376 g/mol. The Hall–Kier alpha value is -2.24. The molecule has 0 bridgehead atoms. The van der Waals surface area contributed by atoms with Crippen molar-refractivity contribution in [2.24, 2.45) is 11.7 Å². The minimum Gasteiger partial charge on any atom is -0.480 e. The minimum atomic E-state index is -1.40. The SMILES string of the molecule is CC(NC(=O)C(CO)NC(=O)C(NC(=O)C(N)C(C)O)C(C)C)C(=O)O. The Kier molecular flexibility index (Phi) is 9.76. The highest BCUT2D eigenvalue weighted by atomic mass is 16.4. The second kappa shape index (κ2) is 10.7. The third-order valence-corrected chi connectivity index (χ3v) is 3.61. The third kappa shape index (κ3) is 7.33. The smallest absolute Gasteiger partial charge is 0.325 e. The lowest BCUT2D eigenvalue weighted by molar-refractivity contribution is -0.142. The number of carboxylic acids is 1. The number of amides is 3. The van der Waals surface area contributed by atoms with E-state index in [1.54, 1.807) is 13.8 Å². The summed E-state index contributed by atoms with van der Waals surface area (Å²) in [5, 5.41) is 34.2. The molecule has 0 saturated heterocycles. The van der Waals surface area contributed by atoms with Gasteiger partial charge in [0.2, 0.25) is 17.7 Å². The van der Waals surface area contributed by atoms with E-state index in [0.29, 0.717) is 0 Å². The van der Waals surface area contributed by atoms with Crippen LogP contribution in [0.4, 0.5) is 0 Å². The lowest BCUT2D eigenvalue weighted by Crippen LogP contribution is -2.59. The van der Waals surface area contributed by atoms with Crippen LogP contribution in [0.15, 0.2) is 0 Å². The van der Waals surface area contributed by atoms with Crippen LogP contribution in [0.1, 0.15) is 27.7 Å². The molecule has 0 aromatic rings. The van der Waals surface area contributed by atoms with Crippen LogP contribution in [-0.2, 0) is 19.2 Å². The summed E-state index contributed by atoms with van der Waals surface area (Å²) in [5.41, 5.74) is 5.51. The normalized spacial score (nSPS) is 16.8. The number of aliphatic carboxylic acids is 1. The van der Waals surface area contributed by atoms with Crippen LogP contribution in [-0.4, -0.2) is 75.9 Å². The van der Waals surface area contributed by atoms with Crippen molar-refractivity contribution in [3.8, 4) is 0 Å². The average Bonchev–Trinajstić information content (AvgIpc) is 2.55. The van der Waals surface area contributed by atoms with Crippen LogP contribution in [0.25, 0.3) is 0 Å². The van der Waals surface area contributed by atoms with E-state index < -0.39 is 60.6 Å². The van der Waals surface area contributed by atoms with Crippen LogP contribution in [0.2, 0.25) is 0 Å². The van der Waals surface area contributed by atoms with Gasteiger partial charge in [0, 0.05) is 0 Å². The van der Waals surface area contributed by atoms with E-state index in [1.807, 2.05) is 0 Å². The number of aliphatic hydroxyl groups excluding tert-OH is 2. The van der Waals surface area contributed by atoms with Gasteiger partial charge in [-0.3, -0.25) is 19.2 Å². The van der Waals surface area contributed by atoms with Gasteiger partial charge >= 0.3 is 5.97 Å². The van der Waals surface area contributed by atoms with Gasteiger partial charge in [-0.1, -0.05) is 13.8 Å². The molecule has 0 radical (unpaired) electrons. The van der Waals surface area contributed by atoms with Gasteiger partial charge in [-0.25, -0.2) is 0 Å². The molecule has 0 aromatic heterocycles. The largest absolute Gasteiger partial charge is 0.480 e. The van der Waals surface area contributed by atoms with Gasteiger partial charge in [-0.2, -0.15) is 0 Å². The van der Waals surface area contributed by atoms with Crippen molar-refractivity contribution in [1.29, 1.82) is 0 Å². The second-order valence-electron chi connectivity index (χ2n) is 6.31. The molecule has 5 atom stereocenters. The summed E-state index contributed by atoms with van der Waals surface area (Å²) in [7, 11) is 0. The molecule has 0 aliphatic carbocycles. The zero-order chi connectivity index (χ0) is 20.6. The topological polar surface area (TPSA) is 191 Å². The van der Waals surface area contributed by atoms with E-state index >= 15 is 0 Å². The molecular weight excluding hydrogens is 348 g/mol. The first-order valence-electron chi connectivity index (χ1n) is 8.10. The van der Waals surface area contributed by atoms with E-state index in [-0.39, 0.29) is 5.92 Å². The molecule has 0 aromatic carbocycles. The van der Waals surface area contributed by atoms with Crippen molar-refractivity contribution in [3.63, 3.8) is 0 Å². The van der Waals surface area contributed by atoms with Gasteiger partial charge < -0.3 is 37.0 Å². The highest BCUT2D eigenvalue weighted by Gasteiger charge is 2.31. The van der Waals surface area contributed by atoms with E-state index in [2.05, 4.69) is 16.0 Å². The summed E-state index contributed by atoms with van der Waals surface area (Å²) in [6, 6.07) is -4.92. The Balaban J connectivity index is 5.04. The molecule has 0 aliphatic heterocycles. The van der Waals surface area contributed by atoms with Crippen molar-refractivity contribution in [1.82, 2.24) is 16.0 Å². The van der Waals surface area contributed by atoms with Crippen molar-refractivity contribution < 1.29 is 34.5 Å². The molecule has 0 rings (SSSR count). The van der Waals surface area contributed by atoms with Crippen molar-refractivity contribution in [3.05, 3.63) is 0 Å². The Bertz CT molecular complexity index is 524. The van der Waals surface area contributed by atoms with Crippen LogP contribution < -0.4 is 21.7 Å². The first-order chi connectivity index (χ1) is 11.9. The quantitative estimate of drug-likeness (QED) is 0.208. The summed E-state index contributed by atoms with van der Waals surface area (Å²) in [5.74, 6) is -4.06. The highest BCUT2D eigenvalue weighted by molar-refractivity contribution is 5.94. The van der Waals surface area contributed by atoms with Crippen LogP contribution in [0, 0.1) is 5.92 Å². The van der Waals surface area contributed by atoms with Crippen LogP contribution in [0.3, 0.4) is 0 Å². The molecule has 8 N–H and O–H groups in total. The van der Waals surface area contributed by atoms with E-state index in [0.717, 1.165) is 0 Å². The Morgan fingerprint density at radius 1 is 0.923 bits per heavy atom. The van der Waals surface area contributed by atoms with Gasteiger partial charge in [0.05, 0.1) is 12.7 Å². The van der Waals surface area contributed by atoms with E-state index in [4.69, 9.17) is 10.8 Å². The summed E-state index contributed by atoms with van der Waals surface area (Å²) in [6.45, 7) is 5.06. The number of hydrogen-bond donors (Lipinski definition) is 7. The number of nitrogens with two attached hydrogens (primary N) is 1. The Morgan fingerprint density at radius 2 is 1.46 bits per heavy atom. The fourth-order valence-corrected chi connectivity index (χ4v) is 1.83. The van der Waals surface area contributed by atoms with Gasteiger partial charge in [0.15, 0.2) is 0 Å². The molecule has 0 heterocycles. The molecule has 0 aliphatic rings. The van der Waals surface area contributed by atoms with Gasteiger partial charge in [0.1, 0.15) is 24.2 Å². The maximum Gasteiger partial charge on any atom is 0.325 e. The van der Waals surface area contributed by atoms with Crippen LogP contribution >= 0.6 is 0 Å². The van der Waals surface area contributed by atoms with E-state index in [9.17, 15) is 29.4 Å². The van der Waals surface area contributed by atoms with E-state index in [1.165, 1.54) is 13.8 Å². The number of rotatable bonds is 10. The first kappa shape index (κ1) is 23.8. The second-order valence-corrected chi connectivity index (χ2v) is 6.31. The maximum atomic E-state index is 12.4. The zero-order valence-electron chi connectivity index (χ0n) is 15.2. The number of aliphatic hydroxyl groups is 2. The number of hydrogen-bond acceptors (Lipinski definition) is 7. The van der Waals surface area contributed by atoms with Crippen molar-refractivity contribution in [2.45, 2.75) is 58.0 Å². The maximum absolute atomic E-state index is 12.4. The third-order valence-electron chi connectivity index (χ3n) is 3.61. The van der Waals surface area contributed by atoms with Crippen molar-refractivity contribution in [2.75, 3.05) is 6.61 Å². The number of nitrogens with one attached hydrogen (secondary N) is 3. The molecule has 0 saturated carbocycles.